The Labute approximate surface area is 139 Å². The van der Waals surface area contributed by atoms with Gasteiger partial charge in [0.15, 0.2) is 0 Å². The van der Waals surface area contributed by atoms with Crippen molar-refractivity contribution in [3.8, 4) is 17.4 Å². The van der Waals surface area contributed by atoms with Crippen LogP contribution in [0.5, 0.6) is 17.4 Å². The zero-order valence-corrected chi connectivity index (χ0v) is 13.1. The van der Waals surface area contributed by atoms with Crippen LogP contribution in [0.1, 0.15) is 12.5 Å². The van der Waals surface area contributed by atoms with E-state index in [-0.39, 0.29) is 11.8 Å². The van der Waals surface area contributed by atoms with Gasteiger partial charge in [0, 0.05) is 17.0 Å². The first kappa shape index (κ1) is 14.5. The van der Waals surface area contributed by atoms with E-state index in [1.54, 1.807) is 18.2 Å². The minimum atomic E-state index is 0.134. The van der Waals surface area contributed by atoms with E-state index in [0.29, 0.717) is 29.7 Å². The van der Waals surface area contributed by atoms with Crippen LogP contribution >= 0.6 is 0 Å². The van der Waals surface area contributed by atoms with Crippen molar-refractivity contribution in [3.05, 3.63) is 60.2 Å². The summed E-state index contributed by atoms with van der Waals surface area (Å²) in [5.74, 6) is 1.83. The number of aliphatic imine (C=N–C) groups is 1. The van der Waals surface area contributed by atoms with Crippen molar-refractivity contribution in [1.82, 2.24) is 4.98 Å². The van der Waals surface area contributed by atoms with Crippen LogP contribution in [0.15, 0.2) is 59.6 Å². The lowest BCUT2D eigenvalue weighted by molar-refractivity contribution is 0.324. The van der Waals surface area contributed by atoms with E-state index in [1.807, 2.05) is 43.3 Å². The maximum atomic E-state index is 9.92. The average Bonchev–Trinajstić information content (AvgIpc) is 3.03. The van der Waals surface area contributed by atoms with Crippen molar-refractivity contribution < 1.29 is 14.6 Å². The summed E-state index contributed by atoms with van der Waals surface area (Å²) in [6.45, 7) is 2.62. The Balaban J connectivity index is 1.64. The first-order chi connectivity index (χ1) is 11.7. The zero-order valence-electron chi connectivity index (χ0n) is 13.1. The third kappa shape index (κ3) is 2.76. The Morgan fingerprint density at radius 1 is 1.12 bits per heavy atom. The van der Waals surface area contributed by atoms with Gasteiger partial charge in [-0.15, -0.1) is 0 Å². The Morgan fingerprint density at radius 2 is 2.00 bits per heavy atom. The molecule has 0 saturated carbocycles. The Morgan fingerprint density at radius 3 is 2.83 bits per heavy atom. The summed E-state index contributed by atoms with van der Waals surface area (Å²) < 4.78 is 11.4. The van der Waals surface area contributed by atoms with Crippen molar-refractivity contribution >= 4 is 16.8 Å². The highest BCUT2D eigenvalue weighted by Gasteiger charge is 2.16. The fourth-order valence-corrected chi connectivity index (χ4v) is 2.62. The first-order valence-corrected chi connectivity index (χ1v) is 7.77. The molecule has 24 heavy (non-hydrogen) atoms. The largest absolute Gasteiger partial charge is 0.506 e. The first-order valence-electron chi connectivity index (χ1n) is 7.77. The van der Waals surface area contributed by atoms with E-state index in [9.17, 15) is 5.11 Å². The number of aromatic nitrogens is 1. The summed E-state index contributed by atoms with van der Waals surface area (Å²) in [7, 11) is 0. The number of pyridine rings is 1. The third-order valence-electron chi connectivity index (χ3n) is 3.78. The van der Waals surface area contributed by atoms with Crippen LogP contribution in [0.25, 0.3) is 10.9 Å². The second-order valence-corrected chi connectivity index (χ2v) is 5.72. The van der Waals surface area contributed by atoms with E-state index in [4.69, 9.17) is 9.47 Å². The number of hydrogen-bond acceptors (Lipinski definition) is 5. The van der Waals surface area contributed by atoms with Crippen LogP contribution in [0.3, 0.4) is 0 Å². The van der Waals surface area contributed by atoms with Gasteiger partial charge >= 0.3 is 0 Å². The molecule has 2 heterocycles. The SMILES string of the molecule is C[C@H]1COC(c2cccc(Oc3ccc4cccc(O)c4n3)c2)=N1. The standard InChI is InChI=1S/C19H16N2O3/c1-12-11-23-19(20-12)14-5-2-6-15(10-14)24-17-9-8-13-4-3-7-16(22)18(13)21-17/h2-10,12,22H,11H2,1H3/t12-/m0/s1. The number of benzene rings is 2. The summed E-state index contributed by atoms with van der Waals surface area (Å²) in [6.07, 6.45) is 0. The summed E-state index contributed by atoms with van der Waals surface area (Å²) in [6, 6.07) is 16.6. The minimum Gasteiger partial charge on any atom is -0.506 e. The zero-order chi connectivity index (χ0) is 16.5. The smallest absolute Gasteiger partial charge is 0.219 e. The van der Waals surface area contributed by atoms with Crippen LogP contribution in [0, 0.1) is 0 Å². The molecule has 0 unspecified atom stereocenters. The molecule has 120 valence electrons. The molecule has 0 aliphatic carbocycles. The fraction of sp³-hybridized carbons (Fsp3) is 0.158. The number of hydrogen-bond donors (Lipinski definition) is 1. The average molecular weight is 320 g/mol. The third-order valence-corrected chi connectivity index (χ3v) is 3.78. The van der Waals surface area contributed by atoms with Gasteiger partial charge in [0.2, 0.25) is 11.8 Å². The fourth-order valence-electron chi connectivity index (χ4n) is 2.62. The van der Waals surface area contributed by atoms with Crippen molar-refractivity contribution in [2.45, 2.75) is 13.0 Å². The lowest BCUT2D eigenvalue weighted by atomic mass is 10.2. The number of phenolic OH excluding ortho intramolecular Hbond substituents is 1. The number of rotatable bonds is 3. The summed E-state index contributed by atoms with van der Waals surface area (Å²) >= 11 is 0. The van der Waals surface area contributed by atoms with Gasteiger partial charge in [-0.2, -0.15) is 0 Å². The van der Waals surface area contributed by atoms with E-state index >= 15 is 0 Å². The highest BCUT2D eigenvalue weighted by atomic mass is 16.5. The molecule has 0 bridgehead atoms. The molecule has 1 N–H and O–H groups in total. The van der Waals surface area contributed by atoms with Crippen molar-refractivity contribution in [2.24, 2.45) is 4.99 Å². The van der Waals surface area contributed by atoms with E-state index in [2.05, 4.69) is 9.98 Å². The predicted octanol–water partition coefficient (Wildman–Crippen LogP) is 3.90. The molecule has 0 amide bonds. The Hall–Kier alpha value is -3.08. The van der Waals surface area contributed by atoms with Gasteiger partial charge in [0.05, 0.1) is 6.04 Å². The Bertz CT molecular complexity index is 937. The van der Waals surface area contributed by atoms with Crippen LogP contribution in [0.4, 0.5) is 0 Å². The number of fused-ring (bicyclic) bond motifs is 1. The van der Waals surface area contributed by atoms with Crippen LogP contribution < -0.4 is 4.74 Å². The van der Waals surface area contributed by atoms with Gasteiger partial charge in [-0.1, -0.05) is 18.2 Å². The number of phenols is 1. The van der Waals surface area contributed by atoms with Crippen molar-refractivity contribution in [1.29, 1.82) is 0 Å². The quantitative estimate of drug-likeness (QED) is 0.795. The summed E-state index contributed by atoms with van der Waals surface area (Å²) in [5.41, 5.74) is 1.39. The van der Waals surface area contributed by atoms with Gasteiger partial charge in [0.25, 0.3) is 0 Å². The molecular formula is C19H16N2O3. The molecule has 0 fully saturated rings. The molecule has 1 aliphatic rings. The van der Waals surface area contributed by atoms with Crippen LogP contribution in [-0.2, 0) is 4.74 Å². The van der Waals surface area contributed by atoms with Gasteiger partial charge in [-0.05, 0) is 37.3 Å². The number of ether oxygens (including phenoxy) is 2. The number of aromatic hydroxyl groups is 1. The predicted molar refractivity (Wildman–Crippen MR) is 91.9 cm³/mol. The molecule has 0 radical (unpaired) electrons. The molecule has 1 aromatic heterocycles. The van der Waals surface area contributed by atoms with E-state index < -0.39 is 0 Å². The molecule has 5 nitrogen and oxygen atoms in total. The monoisotopic (exact) mass is 320 g/mol. The molecule has 1 aliphatic heterocycles. The van der Waals surface area contributed by atoms with Gasteiger partial charge < -0.3 is 14.6 Å². The van der Waals surface area contributed by atoms with E-state index in [1.165, 1.54) is 0 Å². The maximum absolute atomic E-state index is 9.92. The van der Waals surface area contributed by atoms with Crippen molar-refractivity contribution in [2.75, 3.05) is 6.61 Å². The highest BCUT2D eigenvalue weighted by molar-refractivity contribution is 5.95. The molecule has 4 rings (SSSR count). The summed E-state index contributed by atoms with van der Waals surface area (Å²) in [5, 5.41) is 10.8. The van der Waals surface area contributed by atoms with Crippen LogP contribution in [0.2, 0.25) is 0 Å². The Kier molecular flexibility index (Phi) is 3.54. The molecular weight excluding hydrogens is 304 g/mol. The second-order valence-electron chi connectivity index (χ2n) is 5.72. The van der Waals surface area contributed by atoms with Gasteiger partial charge in [-0.3, -0.25) is 0 Å². The normalized spacial score (nSPS) is 16.7. The molecule has 3 aromatic rings. The summed E-state index contributed by atoms with van der Waals surface area (Å²) in [4.78, 5) is 8.83. The molecule has 0 spiro atoms. The topological polar surface area (TPSA) is 63.9 Å². The van der Waals surface area contributed by atoms with E-state index in [0.717, 1.165) is 10.9 Å². The number of nitrogens with zero attached hydrogens (tertiary/aromatic N) is 2. The van der Waals surface area contributed by atoms with Crippen LogP contribution in [-0.4, -0.2) is 28.6 Å². The lowest BCUT2D eigenvalue weighted by Gasteiger charge is -2.08. The lowest BCUT2D eigenvalue weighted by Crippen LogP contribution is -2.02. The minimum absolute atomic E-state index is 0.134. The molecule has 5 heteroatoms. The second kappa shape index (κ2) is 5.85. The van der Waals surface area contributed by atoms with Gasteiger partial charge in [0.1, 0.15) is 23.6 Å². The molecule has 2 aromatic carbocycles. The molecule has 1 atom stereocenters. The highest BCUT2D eigenvalue weighted by Crippen LogP contribution is 2.27. The molecule has 0 saturated heterocycles. The van der Waals surface area contributed by atoms with Gasteiger partial charge in [-0.25, -0.2) is 9.98 Å². The number of para-hydroxylation sites is 1. The van der Waals surface area contributed by atoms with Crippen molar-refractivity contribution in [3.63, 3.8) is 0 Å². The maximum Gasteiger partial charge on any atom is 0.219 e.